The molecule has 1 saturated carbocycles. The van der Waals surface area contributed by atoms with Crippen molar-refractivity contribution in [2.75, 3.05) is 5.32 Å². The molecule has 4 nitrogen and oxygen atoms in total. The molecule has 0 atom stereocenters. The highest BCUT2D eigenvalue weighted by Gasteiger charge is 2.15. The predicted molar refractivity (Wildman–Crippen MR) is 85.8 cm³/mol. The Morgan fingerprint density at radius 3 is 2.50 bits per heavy atom. The van der Waals surface area contributed by atoms with Crippen LogP contribution in [0.2, 0.25) is 0 Å². The number of halogens is 1. The van der Waals surface area contributed by atoms with E-state index in [1.807, 2.05) is 13.8 Å². The van der Waals surface area contributed by atoms with Crippen LogP contribution >= 0.6 is 0 Å². The van der Waals surface area contributed by atoms with E-state index in [9.17, 15) is 9.18 Å². The van der Waals surface area contributed by atoms with Crippen LogP contribution in [-0.2, 0) is 0 Å². The van der Waals surface area contributed by atoms with Crippen LogP contribution in [0.4, 0.5) is 14.9 Å². The van der Waals surface area contributed by atoms with E-state index in [1.54, 1.807) is 6.07 Å². The van der Waals surface area contributed by atoms with Crippen molar-refractivity contribution in [1.82, 2.24) is 5.32 Å². The quantitative estimate of drug-likeness (QED) is 0.807. The van der Waals surface area contributed by atoms with Gasteiger partial charge in [0.1, 0.15) is 11.6 Å². The number of benzene rings is 1. The van der Waals surface area contributed by atoms with E-state index >= 15 is 0 Å². The van der Waals surface area contributed by atoms with Gasteiger partial charge in [0.05, 0.1) is 11.8 Å². The van der Waals surface area contributed by atoms with Crippen molar-refractivity contribution >= 4 is 11.7 Å². The minimum absolute atomic E-state index is 0.0169. The van der Waals surface area contributed by atoms with Gasteiger partial charge in [-0.05, 0) is 38.8 Å². The third-order valence-corrected chi connectivity index (χ3v) is 3.75. The Kier molecular flexibility index (Phi) is 6.04. The first kappa shape index (κ1) is 16.6. The molecule has 5 heteroatoms. The Balaban J connectivity index is 1.90. The first-order valence-corrected chi connectivity index (χ1v) is 8.08. The highest BCUT2D eigenvalue weighted by molar-refractivity contribution is 5.89. The summed E-state index contributed by atoms with van der Waals surface area (Å²) in [7, 11) is 0. The molecule has 0 heterocycles. The number of hydrogen-bond acceptors (Lipinski definition) is 2. The van der Waals surface area contributed by atoms with Crippen molar-refractivity contribution < 1.29 is 13.9 Å². The van der Waals surface area contributed by atoms with E-state index in [0.717, 1.165) is 25.7 Å². The summed E-state index contributed by atoms with van der Waals surface area (Å²) < 4.78 is 19.4. The lowest BCUT2D eigenvalue weighted by atomic mass is 10.1. The van der Waals surface area contributed by atoms with Crippen LogP contribution in [0.25, 0.3) is 0 Å². The Morgan fingerprint density at radius 1 is 1.23 bits per heavy atom. The molecule has 22 heavy (non-hydrogen) atoms. The van der Waals surface area contributed by atoms with Gasteiger partial charge in [0.15, 0.2) is 0 Å². The zero-order valence-corrected chi connectivity index (χ0v) is 13.3. The SMILES string of the molecule is CC(C)Oc1ccc(NC(=O)NC2CCCCCC2)c(F)c1. The van der Waals surface area contributed by atoms with E-state index in [2.05, 4.69) is 10.6 Å². The summed E-state index contributed by atoms with van der Waals surface area (Å²) in [4.78, 5) is 12.0. The third kappa shape index (κ3) is 5.20. The molecule has 1 aliphatic rings. The molecule has 2 rings (SSSR count). The Labute approximate surface area is 131 Å². The van der Waals surface area contributed by atoms with Gasteiger partial charge in [-0.15, -0.1) is 0 Å². The molecule has 1 aromatic carbocycles. The summed E-state index contributed by atoms with van der Waals surface area (Å²) in [5.41, 5.74) is 0.169. The summed E-state index contributed by atoms with van der Waals surface area (Å²) in [5, 5.41) is 5.51. The number of urea groups is 1. The molecule has 122 valence electrons. The molecule has 0 aromatic heterocycles. The zero-order valence-electron chi connectivity index (χ0n) is 13.3. The number of nitrogens with one attached hydrogen (secondary N) is 2. The molecule has 0 saturated heterocycles. The lowest BCUT2D eigenvalue weighted by Gasteiger charge is -2.17. The van der Waals surface area contributed by atoms with Crippen LogP contribution in [0.15, 0.2) is 18.2 Å². The van der Waals surface area contributed by atoms with E-state index in [4.69, 9.17) is 4.74 Å². The van der Waals surface area contributed by atoms with Crippen LogP contribution in [0.1, 0.15) is 52.4 Å². The molecule has 0 unspecified atom stereocenters. The van der Waals surface area contributed by atoms with Crippen molar-refractivity contribution in [3.8, 4) is 5.75 Å². The number of hydrogen-bond donors (Lipinski definition) is 2. The Morgan fingerprint density at radius 2 is 1.91 bits per heavy atom. The topological polar surface area (TPSA) is 50.4 Å². The fourth-order valence-electron chi connectivity index (χ4n) is 2.71. The maximum atomic E-state index is 14.0. The summed E-state index contributed by atoms with van der Waals surface area (Å²) in [5.74, 6) is -0.0311. The van der Waals surface area contributed by atoms with Crippen molar-refractivity contribution in [3.05, 3.63) is 24.0 Å². The van der Waals surface area contributed by atoms with Gasteiger partial charge in [-0.25, -0.2) is 9.18 Å². The predicted octanol–water partition coefficient (Wildman–Crippen LogP) is 4.46. The largest absolute Gasteiger partial charge is 0.491 e. The second-order valence-electron chi connectivity index (χ2n) is 6.10. The van der Waals surface area contributed by atoms with Crippen LogP contribution in [0, 0.1) is 5.82 Å². The highest BCUT2D eigenvalue weighted by atomic mass is 19.1. The van der Waals surface area contributed by atoms with E-state index in [-0.39, 0.29) is 23.9 Å². The minimum atomic E-state index is -0.492. The summed E-state index contributed by atoms with van der Waals surface area (Å²) in [6.07, 6.45) is 6.71. The molecule has 1 aliphatic carbocycles. The van der Waals surface area contributed by atoms with E-state index in [0.29, 0.717) is 5.75 Å². The molecule has 1 aromatic rings. The van der Waals surface area contributed by atoms with Crippen molar-refractivity contribution in [1.29, 1.82) is 0 Å². The second kappa shape index (κ2) is 8.01. The normalized spacial score (nSPS) is 16.2. The second-order valence-corrected chi connectivity index (χ2v) is 6.10. The molecule has 0 radical (unpaired) electrons. The number of ether oxygens (including phenoxy) is 1. The minimum Gasteiger partial charge on any atom is -0.491 e. The monoisotopic (exact) mass is 308 g/mol. The van der Waals surface area contributed by atoms with E-state index in [1.165, 1.54) is 25.0 Å². The number of amides is 2. The van der Waals surface area contributed by atoms with Crippen LogP contribution in [0.3, 0.4) is 0 Å². The van der Waals surface area contributed by atoms with Crippen molar-refractivity contribution in [2.24, 2.45) is 0 Å². The van der Waals surface area contributed by atoms with Crippen LogP contribution in [0.5, 0.6) is 5.75 Å². The maximum Gasteiger partial charge on any atom is 0.319 e. The third-order valence-electron chi connectivity index (χ3n) is 3.75. The van der Waals surface area contributed by atoms with Crippen molar-refractivity contribution in [3.63, 3.8) is 0 Å². The molecular formula is C17H25FN2O2. The van der Waals surface area contributed by atoms with Gasteiger partial charge in [0.25, 0.3) is 0 Å². The molecule has 1 fully saturated rings. The number of anilines is 1. The number of rotatable bonds is 4. The lowest BCUT2D eigenvalue weighted by molar-refractivity contribution is 0.241. The fourth-order valence-corrected chi connectivity index (χ4v) is 2.71. The van der Waals surface area contributed by atoms with Crippen LogP contribution < -0.4 is 15.4 Å². The highest BCUT2D eigenvalue weighted by Crippen LogP contribution is 2.22. The molecule has 2 N–H and O–H groups in total. The van der Waals surface area contributed by atoms with Gasteiger partial charge in [0, 0.05) is 12.1 Å². The summed E-state index contributed by atoms with van der Waals surface area (Å²) >= 11 is 0. The van der Waals surface area contributed by atoms with E-state index < -0.39 is 5.82 Å². The zero-order chi connectivity index (χ0) is 15.9. The number of carbonyl (C=O) groups is 1. The van der Waals surface area contributed by atoms with Gasteiger partial charge in [-0.1, -0.05) is 25.7 Å². The first-order valence-electron chi connectivity index (χ1n) is 8.08. The molecule has 0 aliphatic heterocycles. The van der Waals surface area contributed by atoms with Gasteiger partial charge >= 0.3 is 6.03 Å². The maximum absolute atomic E-state index is 14.0. The van der Waals surface area contributed by atoms with Gasteiger partial charge in [-0.3, -0.25) is 0 Å². The smallest absolute Gasteiger partial charge is 0.319 e. The molecule has 0 spiro atoms. The van der Waals surface area contributed by atoms with Crippen molar-refractivity contribution in [2.45, 2.75) is 64.5 Å². The van der Waals surface area contributed by atoms with Gasteiger partial charge in [0.2, 0.25) is 0 Å². The summed E-state index contributed by atoms with van der Waals surface area (Å²) in [6.45, 7) is 3.76. The summed E-state index contributed by atoms with van der Waals surface area (Å²) in [6, 6.07) is 4.32. The van der Waals surface area contributed by atoms with Gasteiger partial charge < -0.3 is 15.4 Å². The molecule has 0 bridgehead atoms. The Hall–Kier alpha value is -1.78. The lowest BCUT2D eigenvalue weighted by Crippen LogP contribution is -2.37. The Bertz CT molecular complexity index is 497. The van der Waals surface area contributed by atoms with Crippen LogP contribution in [-0.4, -0.2) is 18.2 Å². The van der Waals surface area contributed by atoms with Gasteiger partial charge in [-0.2, -0.15) is 0 Å². The average Bonchev–Trinajstić information content (AvgIpc) is 2.70. The number of carbonyl (C=O) groups excluding carboxylic acids is 1. The first-order chi connectivity index (χ1) is 10.5. The fraction of sp³-hybridized carbons (Fsp3) is 0.588. The molecule has 2 amide bonds. The molecular weight excluding hydrogens is 283 g/mol. The average molecular weight is 308 g/mol. The standard InChI is InChI=1S/C17H25FN2O2/c1-12(2)22-14-9-10-16(15(18)11-14)20-17(21)19-13-7-5-3-4-6-8-13/h9-13H,3-8H2,1-2H3,(H2,19,20,21).